The van der Waals surface area contributed by atoms with E-state index in [1.165, 1.54) is 17.4 Å². The lowest BCUT2D eigenvalue weighted by atomic mass is 10.1. The molecule has 0 amide bonds. The molecule has 1 aromatic heterocycles. The summed E-state index contributed by atoms with van der Waals surface area (Å²) >= 11 is 7.21. The number of hydrogen-bond donors (Lipinski definition) is 1. The zero-order chi connectivity index (χ0) is 12.3. The van der Waals surface area contributed by atoms with Crippen molar-refractivity contribution >= 4 is 22.9 Å². The van der Waals surface area contributed by atoms with Crippen LogP contribution in [0.3, 0.4) is 0 Å². The number of nitrogens with one attached hydrogen (secondary N) is 1. The van der Waals surface area contributed by atoms with Crippen molar-refractivity contribution in [1.82, 2.24) is 10.3 Å². The van der Waals surface area contributed by atoms with Crippen LogP contribution in [0.2, 0.25) is 4.34 Å². The van der Waals surface area contributed by atoms with Gasteiger partial charge in [0, 0.05) is 18.2 Å². The van der Waals surface area contributed by atoms with Crippen LogP contribution in [0, 0.1) is 5.82 Å². The van der Waals surface area contributed by atoms with Crippen LogP contribution >= 0.6 is 22.9 Å². The summed E-state index contributed by atoms with van der Waals surface area (Å²) in [6.45, 7) is 2.51. The van der Waals surface area contributed by atoms with E-state index < -0.39 is 0 Å². The standard InChI is InChI=1S/C12H12ClFN2S/c1-8(9-4-2-3-5-10(9)14)15-7-12-16-6-11(13)17-12/h2-6,8,15H,7H2,1H3. The number of thiazole rings is 1. The minimum absolute atomic E-state index is 0.0566. The summed E-state index contributed by atoms with van der Waals surface area (Å²) in [6, 6.07) is 6.71. The molecule has 1 N–H and O–H groups in total. The Balaban J connectivity index is 1.98. The molecule has 2 aromatic rings. The lowest BCUT2D eigenvalue weighted by Gasteiger charge is -2.13. The average molecular weight is 271 g/mol. The molecule has 0 saturated carbocycles. The first-order valence-corrected chi connectivity index (χ1v) is 6.44. The van der Waals surface area contributed by atoms with Crippen molar-refractivity contribution in [1.29, 1.82) is 0 Å². The van der Waals surface area contributed by atoms with Gasteiger partial charge in [0.05, 0.1) is 6.20 Å². The predicted octanol–water partition coefficient (Wildman–Crippen LogP) is 3.79. The maximum Gasteiger partial charge on any atom is 0.127 e. The summed E-state index contributed by atoms with van der Waals surface area (Å²) in [5, 5.41) is 4.12. The molecule has 0 spiro atoms. The van der Waals surface area contributed by atoms with Gasteiger partial charge in [-0.2, -0.15) is 0 Å². The van der Waals surface area contributed by atoms with Gasteiger partial charge < -0.3 is 5.32 Å². The molecule has 0 saturated heterocycles. The highest BCUT2D eigenvalue weighted by molar-refractivity contribution is 7.15. The molecule has 2 rings (SSSR count). The number of halogens is 2. The second kappa shape index (κ2) is 5.58. The lowest BCUT2D eigenvalue weighted by molar-refractivity contribution is 0.527. The van der Waals surface area contributed by atoms with Crippen LogP contribution in [-0.4, -0.2) is 4.98 Å². The molecule has 1 aromatic carbocycles. The fraction of sp³-hybridized carbons (Fsp3) is 0.250. The van der Waals surface area contributed by atoms with E-state index in [9.17, 15) is 4.39 Å². The SMILES string of the molecule is CC(NCc1ncc(Cl)s1)c1ccccc1F. The van der Waals surface area contributed by atoms with Crippen LogP contribution in [-0.2, 0) is 6.54 Å². The van der Waals surface area contributed by atoms with E-state index in [0.29, 0.717) is 16.4 Å². The third kappa shape index (κ3) is 3.25. The highest BCUT2D eigenvalue weighted by atomic mass is 35.5. The Labute approximate surface area is 108 Å². The number of hydrogen-bond acceptors (Lipinski definition) is 3. The van der Waals surface area contributed by atoms with Crippen molar-refractivity contribution in [3.63, 3.8) is 0 Å². The van der Waals surface area contributed by atoms with Gasteiger partial charge in [-0.05, 0) is 13.0 Å². The van der Waals surface area contributed by atoms with E-state index in [1.54, 1.807) is 18.3 Å². The second-order valence-electron chi connectivity index (χ2n) is 3.68. The third-order valence-corrected chi connectivity index (χ3v) is 3.57. The summed E-state index contributed by atoms with van der Waals surface area (Å²) in [6.07, 6.45) is 1.62. The van der Waals surface area contributed by atoms with E-state index in [-0.39, 0.29) is 11.9 Å². The Bertz CT molecular complexity index is 501. The first-order chi connectivity index (χ1) is 8.16. The average Bonchev–Trinajstić information content (AvgIpc) is 2.73. The maximum atomic E-state index is 13.5. The predicted molar refractivity (Wildman–Crippen MR) is 68.8 cm³/mol. The lowest BCUT2D eigenvalue weighted by Crippen LogP contribution is -2.18. The number of aromatic nitrogens is 1. The Kier molecular flexibility index (Phi) is 4.10. The minimum Gasteiger partial charge on any atom is -0.304 e. The summed E-state index contributed by atoms with van der Waals surface area (Å²) in [7, 11) is 0. The van der Waals surface area contributed by atoms with E-state index in [1.807, 2.05) is 13.0 Å². The first-order valence-electron chi connectivity index (χ1n) is 5.25. The summed E-state index contributed by atoms with van der Waals surface area (Å²) in [5.74, 6) is -0.190. The van der Waals surface area contributed by atoms with Gasteiger partial charge in [-0.3, -0.25) is 0 Å². The van der Waals surface area contributed by atoms with Crippen LogP contribution in [0.15, 0.2) is 30.5 Å². The van der Waals surface area contributed by atoms with Crippen molar-refractivity contribution in [2.75, 3.05) is 0 Å². The van der Waals surface area contributed by atoms with Gasteiger partial charge in [-0.1, -0.05) is 29.8 Å². The molecule has 0 aliphatic rings. The molecule has 2 nitrogen and oxygen atoms in total. The van der Waals surface area contributed by atoms with Crippen LogP contribution in [0.5, 0.6) is 0 Å². The van der Waals surface area contributed by atoms with E-state index in [0.717, 1.165) is 5.01 Å². The Morgan fingerprint density at radius 1 is 1.47 bits per heavy atom. The zero-order valence-electron chi connectivity index (χ0n) is 9.28. The van der Waals surface area contributed by atoms with Gasteiger partial charge in [0.2, 0.25) is 0 Å². The Hall–Kier alpha value is -0.970. The summed E-state index contributed by atoms with van der Waals surface area (Å²) in [5.41, 5.74) is 0.662. The summed E-state index contributed by atoms with van der Waals surface area (Å²) in [4.78, 5) is 4.13. The molecular weight excluding hydrogens is 259 g/mol. The zero-order valence-corrected chi connectivity index (χ0v) is 10.9. The Morgan fingerprint density at radius 3 is 2.88 bits per heavy atom. The molecular formula is C12H12ClFN2S. The van der Waals surface area contributed by atoms with Crippen LogP contribution in [0.25, 0.3) is 0 Å². The molecule has 5 heteroatoms. The van der Waals surface area contributed by atoms with Gasteiger partial charge >= 0.3 is 0 Å². The second-order valence-corrected chi connectivity index (χ2v) is 5.43. The highest BCUT2D eigenvalue weighted by Crippen LogP contribution is 2.20. The van der Waals surface area contributed by atoms with Crippen molar-refractivity contribution in [2.45, 2.75) is 19.5 Å². The van der Waals surface area contributed by atoms with Gasteiger partial charge in [0.1, 0.15) is 15.2 Å². The normalized spacial score (nSPS) is 12.6. The molecule has 0 fully saturated rings. The molecule has 90 valence electrons. The van der Waals surface area contributed by atoms with Gasteiger partial charge in [-0.25, -0.2) is 9.37 Å². The topological polar surface area (TPSA) is 24.9 Å². The number of rotatable bonds is 4. The third-order valence-electron chi connectivity index (χ3n) is 2.46. The number of benzene rings is 1. The van der Waals surface area contributed by atoms with Crippen LogP contribution in [0.4, 0.5) is 4.39 Å². The van der Waals surface area contributed by atoms with E-state index >= 15 is 0 Å². The quantitative estimate of drug-likeness (QED) is 0.914. The minimum atomic E-state index is -0.190. The van der Waals surface area contributed by atoms with Gasteiger partial charge in [0.25, 0.3) is 0 Å². The van der Waals surface area contributed by atoms with Crippen molar-refractivity contribution < 1.29 is 4.39 Å². The van der Waals surface area contributed by atoms with E-state index in [4.69, 9.17) is 11.6 Å². The van der Waals surface area contributed by atoms with Gasteiger partial charge in [0.15, 0.2) is 0 Å². The smallest absolute Gasteiger partial charge is 0.127 e. The molecule has 0 aliphatic heterocycles. The van der Waals surface area contributed by atoms with E-state index in [2.05, 4.69) is 10.3 Å². The largest absolute Gasteiger partial charge is 0.304 e. The van der Waals surface area contributed by atoms with Crippen molar-refractivity contribution in [2.24, 2.45) is 0 Å². The van der Waals surface area contributed by atoms with Crippen molar-refractivity contribution in [3.05, 3.63) is 51.2 Å². The monoisotopic (exact) mass is 270 g/mol. The highest BCUT2D eigenvalue weighted by Gasteiger charge is 2.10. The summed E-state index contributed by atoms with van der Waals surface area (Å²) < 4.78 is 14.2. The fourth-order valence-corrected chi connectivity index (χ4v) is 2.45. The van der Waals surface area contributed by atoms with Crippen LogP contribution < -0.4 is 5.32 Å². The Morgan fingerprint density at radius 2 is 2.24 bits per heavy atom. The molecule has 1 heterocycles. The van der Waals surface area contributed by atoms with Crippen LogP contribution in [0.1, 0.15) is 23.5 Å². The maximum absolute atomic E-state index is 13.5. The molecule has 0 aliphatic carbocycles. The number of nitrogens with zero attached hydrogens (tertiary/aromatic N) is 1. The molecule has 1 atom stereocenters. The molecule has 0 radical (unpaired) electrons. The fourth-order valence-electron chi connectivity index (χ4n) is 1.55. The van der Waals surface area contributed by atoms with Gasteiger partial charge in [-0.15, -0.1) is 11.3 Å². The molecule has 1 unspecified atom stereocenters. The molecule has 0 bridgehead atoms. The van der Waals surface area contributed by atoms with Crippen molar-refractivity contribution in [3.8, 4) is 0 Å². The molecule has 17 heavy (non-hydrogen) atoms. The first kappa shape index (κ1) is 12.5.